The molecule has 0 saturated carbocycles. The van der Waals surface area contributed by atoms with Crippen LogP contribution in [-0.2, 0) is 9.53 Å². The van der Waals surface area contributed by atoms with E-state index in [1.165, 1.54) is 14.0 Å². The molecule has 8 nitrogen and oxygen atoms in total. The zero-order chi connectivity index (χ0) is 22.3. The fraction of sp³-hybridized carbons (Fsp3) is 0.435. The Hall–Kier alpha value is -3.13. The first-order chi connectivity index (χ1) is 14.9. The van der Waals surface area contributed by atoms with E-state index in [-0.39, 0.29) is 12.6 Å². The van der Waals surface area contributed by atoms with E-state index in [2.05, 4.69) is 0 Å². The summed E-state index contributed by atoms with van der Waals surface area (Å²) in [4.78, 5) is 12.9. The van der Waals surface area contributed by atoms with E-state index in [0.717, 1.165) is 11.1 Å². The van der Waals surface area contributed by atoms with Crippen LogP contribution in [0.1, 0.15) is 30.9 Å². The molecule has 0 fully saturated rings. The normalized spacial score (nSPS) is 23.5. The topological polar surface area (TPSA) is 81.7 Å². The molecule has 0 aromatic heterocycles. The lowest BCUT2D eigenvalue weighted by Gasteiger charge is -2.44. The van der Waals surface area contributed by atoms with E-state index < -0.39 is 17.6 Å². The molecule has 0 N–H and O–H groups in total. The van der Waals surface area contributed by atoms with E-state index in [1.54, 1.807) is 34.3 Å². The smallest absolute Gasteiger partial charge is 0.231 e. The Morgan fingerprint density at radius 1 is 0.935 bits per heavy atom. The van der Waals surface area contributed by atoms with E-state index in [4.69, 9.17) is 33.2 Å². The third-order valence-corrected chi connectivity index (χ3v) is 5.94. The molecule has 166 valence electrons. The molecular weight excluding hydrogens is 404 g/mol. The lowest BCUT2D eigenvalue weighted by atomic mass is 9.72. The number of carbonyl (C=O) groups excluding carboxylic acids is 1. The summed E-state index contributed by atoms with van der Waals surface area (Å²) >= 11 is 0. The molecule has 8 heteroatoms. The molecule has 2 heterocycles. The summed E-state index contributed by atoms with van der Waals surface area (Å²) in [6.45, 7) is 3.43. The van der Waals surface area contributed by atoms with Gasteiger partial charge < -0.3 is 33.2 Å². The number of hydrogen-bond acceptors (Lipinski definition) is 8. The highest BCUT2D eigenvalue weighted by Gasteiger charge is 2.51. The van der Waals surface area contributed by atoms with Gasteiger partial charge in [0.15, 0.2) is 23.0 Å². The second kappa shape index (κ2) is 7.85. The Bertz CT molecular complexity index is 992. The minimum atomic E-state index is -1.20. The first kappa shape index (κ1) is 21.1. The van der Waals surface area contributed by atoms with Gasteiger partial charge in [0.2, 0.25) is 18.3 Å². The van der Waals surface area contributed by atoms with Gasteiger partial charge in [-0.3, -0.25) is 4.79 Å². The fourth-order valence-corrected chi connectivity index (χ4v) is 4.46. The van der Waals surface area contributed by atoms with Gasteiger partial charge in [0.25, 0.3) is 0 Å². The lowest BCUT2D eigenvalue weighted by molar-refractivity contribution is -0.199. The van der Waals surface area contributed by atoms with E-state index >= 15 is 0 Å². The number of rotatable bonds is 6. The molecule has 2 aliphatic heterocycles. The van der Waals surface area contributed by atoms with Gasteiger partial charge in [-0.05, 0) is 30.7 Å². The van der Waals surface area contributed by atoms with Gasteiger partial charge in [-0.1, -0.05) is 0 Å². The van der Waals surface area contributed by atoms with Crippen molar-refractivity contribution < 1.29 is 38.0 Å². The minimum absolute atomic E-state index is 0.0774. The highest BCUT2D eigenvalue weighted by Crippen LogP contribution is 2.54. The number of ether oxygens (including phenoxy) is 7. The Kier molecular flexibility index (Phi) is 5.35. The van der Waals surface area contributed by atoms with Crippen molar-refractivity contribution in [3.05, 3.63) is 35.4 Å². The van der Waals surface area contributed by atoms with Gasteiger partial charge in [-0.25, -0.2) is 0 Å². The number of methoxy groups -OCH3 is 4. The highest BCUT2D eigenvalue weighted by atomic mass is 16.7. The van der Waals surface area contributed by atoms with Crippen LogP contribution in [0.4, 0.5) is 0 Å². The van der Waals surface area contributed by atoms with Crippen LogP contribution in [0.3, 0.4) is 0 Å². The van der Waals surface area contributed by atoms with Crippen LogP contribution in [0.25, 0.3) is 0 Å². The molecule has 4 rings (SSSR count). The summed E-state index contributed by atoms with van der Waals surface area (Å²) in [6.07, 6.45) is 0. The quantitative estimate of drug-likeness (QED) is 0.689. The van der Waals surface area contributed by atoms with E-state index in [9.17, 15) is 4.79 Å². The largest absolute Gasteiger partial charge is 0.493 e. The molecule has 0 aliphatic carbocycles. The SMILES string of the molecule is COc1cc([C@@H]2c3cc4c(cc3O[C@@](C)(OC)[C@@H]2C(C)=O)OCO4)cc(OC)c1OC. The number of fused-ring (bicyclic) bond motifs is 2. The first-order valence-corrected chi connectivity index (χ1v) is 9.84. The van der Waals surface area contributed by atoms with Gasteiger partial charge in [-0.15, -0.1) is 0 Å². The number of carbonyl (C=O) groups is 1. The van der Waals surface area contributed by atoms with Crippen molar-refractivity contribution in [3.63, 3.8) is 0 Å². The summed E-state index contributed by atoms with van der Waals surface area (Å²) in [5.74, 6) is 0.862. The van der Waals surface area contributed by atoms with Crippen molar-refractivity contribution >= 4 is 5.78 Å². The predicted molar refractivity (Wildman–Crippen MR) is 111 cm³/mol. The van der Waals surface area contributed by atoms with Gasteiger partial charge in [0.05, 0.1) is 27.2 Å². The molecular formula is C23H26O8. The fourth-order valence-electron chi connectivity index (χ4n) is 4.46. The van der Waals surface area contributed by atoms with Crippen molar-refractivity contribution in [2.24, 2.45) is 5.92 Å². The van der Waals surface area contributed by atoms with Crippen molar-refractivity contribution in [1.82, 2.24) is 0 Å². The Morgan fingerprint density at radius 2 is 1.55 bits per heavy atom. The van der Waals surface area contributed by atoms with Crippen LogP contribution in [-0.4, -0.2) is 46.8 Å². The molecule has 0 bridgehead atoms. The molecule has 31 heavy (non-hydrogen) atoms. The maximum atomic E-state index is 12.9. The van der Waals surface area contributed by atoms with Crippen LogP contribution in [0.5, 0.6) is 34.5 Å². The van der Waals surface area contributed by atoms with Crippen molar-refractivity contribution in [2.45, 2.75) is 25.6 Å². The number of benzene rings is 2. The number of ketones is 1. The average Bonchev–Trinajstić information content (AvgIpc) is 3.22. The second-order valence-electron chi connectivity index (χ2n) is 7.59. The lowest BCUT2D eigenvalue weighted by Crippen LogP contribution is -2.51. The average molecular weight is 430 g/mol. The van der Waals surface area contributed by atoms with Crippen LogP contribution >= 0.6 is 0 Å². The maximum Gasteiger partial charge on any atom is 0.231 e. The van der Waals surface area contributed by atoms with Gasteiger partial charge >= 0.3 is 0 Å². The number of Topliss-reactive ketones (excluding diaryl/α,β-unsaturated/α-hetero) is 1. The van der Waals surface area contributed by atoms with Gasteiger partial charge in [0, 0.05) is 31.6 Å². The standard InChI is InChI=1S/C23H26O8/c1-12(24)21-20(13-7-18(25-3)22(27-5)19(8-13)26-4)14-9-16-17(30-11-29-16)10-15(14)31-23(21,2)28-6/h7-10,20-21H,11H2,1-6H3/t20-,21-,23-/m1/s1. The molecule has 0 unspecified atom stereocenters. The first-order valence-electron chi connectivity index (χ1n) is 9.84. The van der Waals surface area contributed by atoms with E-state index in [0.29, 0.717) is 34.5 Å². The van der Waals surface area contributed by atoms with Crippen LogP contribution in [0.15, 0.2) is 24.3 Å². The molecule has 0 spiro atoms. The Balaban J connectivity index is 1.99. The zero-order valence-corrected chi connectivity index (χ0v) is 18.4. The zero-order valence-electron chi connectivity index (χ0n) is 18.4. The second-order valence-corrected chi connectivity index (χ2v) is 7.59. The van der Waals surface area contributed by atoms with Crippen LogP contribution in [0.2, 0.25) is 0 Å². The summed E-state index contributed by atoms with van der Waals surface area (Å²) < 4.78 is 39.6. The molecule has 2 aromatic carbocycles. The van der Waals surface area contributed by atoms with Crippen LogP contribution in [0, 0.1) is 5.92 Å². The maximum absolute atomic E-state index is 12.9. The summed E-state index contributed by atoms with van der Waals surface area (Å²) in [5.41, 5.74) is 1.58. The van der Waals surface area contributed by atoms with Crippen LogP contribution < -0.4 is 28.4 Å². The Labute approximate surface area is 180 Å². The molecule has 0 amide bonds. The highest BCUT2D eigenvalue weighted by molar-refractivity contribution is 5.82. The predicted octanol–water partition coefficient (Wildman–Crippen LogP) is 3.53. The van der Waals surface area contributed by atoms with E-state index in [1.807, 2.05) is 18.2 Å². The number of hydrogen-bond donors (Lipinski definition) is 0. The summed E-state index contributed by atoms with van der Waals surface area (Å²) in [5, 5.41) is 0. The molecule has 0 radical (unpaired) electrons. The summed E-state index contributed by atoms with van der Waals surface area (Å²) in [6, 6.07) is 7.32. The Morgan fingerprint density at radius 3 is 2.06 bits per heavy atom. The van der Waals surface area contributed by atoms with Crippen molar-refractivity contribution in [2.75, 3.05) is 35.2 Å². The van der Waals surface area contributed by atoms with Gasteiger partial charge in [-0.2, -0.15) is 0 Å². The molecule has 2 aromatic rings. The monoisotopic (exact) mass is 430 g/mol. The summed E-state index contributed by atoms with van der Waals surface area (Å²) in [7, 11) is 6.18. The van der Waals surface area contributed by atoms with Crippen molar-refractivity contribution in [3.8, 4) is 34.5 Å². The third kappa shape index (κ3) is 3.31. The third-order valence-electron chi connectivity index (χ3n) is 5.94. The van der Waals surface area contributed by atoms with Gasteiger partial charge in [0.1, 0.15) is 11.5 Å². The molecule has 0 saturated heterocycles. The molecule has 3 atom stereocenters. The minimum Gasteiger partial charge on any atom is -0.493 e. The molecule has 2 aliphatic rings. The van der Waals surface area contributed by atoms with Crippen molar-refractivity contribution in [1.29, 1.82) is 0 Å².